The Hall–Kier alpha value is -1.06. The van der Waals surface area contributed by atoms with Crippen molar-refractivity contribution in [2.75, 3.05) is 18.0 Å². The minimum atomic E-state index is -0.0611. The molecule has 1 saturated carbocycles. The summed E-state index contributed by atoms with van der Waals surface area (Å²) in [7, 11) is 0. The van der Waals surface area contributed by atoms with Gasteiger partial charge in [0.15, 0.2) is 0 Å². The minimum Gasteiger partial charge on any atom is -0.407 e. The van der Waals surface area contributed by atoms with Crippen molar-refractivity contribution in [1.29, 1.82) is 0 Å². The molecule has 1 aromatic heterocycles. The van der Waals surface area contributed by atoms with Gasteiger partial charge in [0.25, 0.3) is 0 Å². The Labute approximate surface area is 115 Å². The summed E-state index contributed by atoms with van der Waals surface area (Å²) in [6, 6.07) is 0.731. The van der Waals surface area contributed by atoms with Crippen LogP contribution in [0.25, 0.3) is 0 Å². The first kappa shape index (κ1) is 12.9. The molecule has 0 bridgehead atoms. The second-order valence-corrected chi connectivity index (χ2v) is 7.18. The maximum atomic E-state index is 5.87. The summed E-state index contributed by atoms with van der Waals surface area (Å²) in [5, 5.41) is 8.46. The normalized spacial score (nSPS) is 28.3. The topological polar surface area (TPSA) is 42.2 Å². The van der Waals surface area contributed by atoms with Gasteiger partial charge in [-0.05, 0) is 24.7 Å². The lowest BCUT2D eigenvalue weighted by atomic mass is 9.75. The Bertz CT molecular complexity index is 435. The van der Waals surface area contributed by atoms with E-state index < -0.39 is 0 Å². The number of aromatic nitrogens is 2. The molecular formula is C15H25N3O. The summed E-state index contributed by atoms with van der Waals surface area (Å²) in [6.07, 6.45) is 6.91. The number of rotatable bonds is 1. The van der Waals surface area contributed by atoms with Crippen molar-refractivity contribution < 1.29 is 4.42 Å². The van der Waals surface area contributed by atoms with Gasteiger partial charge in [-0.1, -0.05) is 45.1 Å². The Balaban J connectivity index is 1.71. The van der Waals surface area contributed by atoms with Gasteiger partial charge < -0.3 is 9.32 Å². The first-order chi connectivity index (χ1) is 9.04. The Kier molecular flexibility index (Phi) is 3.27. The first-order valence-corrected chi connectivity index (χ1v) is 7.63. The van der Waals surface area contributed by atoms with Crippen LogP contribution >= 0.6 is 0 Å². The van der Waals surface area contributed by atoms with E-state index >= 15 is 0 Å². The van der Waals surface area contributed by atoms with Crippen molar-refractivity contribution in [3.05, 3.63) is 5.89 Å². The summed E-state index contributed by atoms with van der Waals surface area (Å²) in [4.78, 5) is 2.30. The van der Waals surface area contributed by atoms with Gasteiger partial charge in [-0.25, -0.2) is 0 Å². The molecule has 19 heavy (non-hydrogen) atoms. The van der Waals surface area contributed by atoms with Crippen LogP contribution in [-0.4, -0.2) is 23.3 Å². The molecule has 1 aliphatic heterocycles. The van der Waals surface area contributed by atoms with Gasteiger partial charge in [-0.3, -0.25) is 0 Å². The van der Waals surface area contributed by atoms with Gasteiger partial charge >= 0.3 is 6.01 Å². The van der Waals surface area contributed by atoms with Crippen LogP contribution in [0.3, 0.4) is 0 Å². The summed E-state index contributed by atoms with van der Waals surface area (Å²) in [5.41, 5.74) is -0.0611. The third-order valence-electron chi connectivity index (χ3n) is 4.62. The highest BCUT2D eigenvalue weighted by atomic mass is 16.4. The van der Waals surface area contributed by atoms with Crippen LogP contribution in [0.15, 0.2) is 4.42 Å². The van der Waals surface area contributed by atoms with Crippen molar-refractivity contribution in [1.82, 2.24) is 10.2 Å². The molecule has 106 valence electrons. The number of hydrogen-bond acceptors (Lipinski definition) is 4. The average molecular weight is 263 g/mol. The highest BCUT2D eigenvalue weighted by Gasteiger charge is 2.33. The molecule has 0 amide bonds. The van der Waals surface area contributed by atoms with E-state index in [0.29, 0.717) is 0 Å². The molecule has 0 N–H and O–H groups in total. The zero-order chi connectivity index (χ0) is 13.5. The van der Waals surface area contributed by atoms with Crippen LogP contribution in [0.1, 0.15) is 58.8 Å². The maximum absolute atomic E-state index is 5.87. The molecule has 4 nitrogen and oxygen atoms in total. The standard InChI is InChI=1S/C15H25N3O/c1-15(2,3)13-16-17-14(19-13)18-9-8-11-6-4-5-7-12(11)10-18/h11-12H,4-10H2,1-3H3. The van der Waals surface area contributed by atoms with E-state index in [9.17, 15) is 0 Å². The van der Waals surface area contributed by atoms with Crippen LogP contribution in [0.5, 0.6) is 0 Å². The van der Waals surface area contributed by atoms with Crippen molar-refractivity contribution in [2.45, 2.75) is 58.3 Å². The first-order valence-electron chi connectivity index (χ1n) is 7.63. The third-order valence-corrected chi connectivity index (χ3v) is 4.62. The lowest BCUT2D eigenvalue weighted by molar-refractivity contribution is 0.198. The summed E-state index contributed by atoms with van der Waals surface area (Å²) >= 11 is 0. The fourth-order valence-corrected chi connectivity index (χ4v) is 3.42. The molecule has 2 aliphatic rings. The van der Waals surface area contributed by atoms with Gasteiger partial charge in [0.05, 0.1) is 0 Å². The van der Waals surface area contributed by atoms with Gasteiger partial charge in [0, 0.05) is 18.5 Å². The SMILES string of the molecule is CC(C)(C)c1nnc(N2CCC3CCCCC3C2)o1. The second kappa shape index (κ2) is 4.80. The van der Waals surface area contributed by atoms with Crippen LogP contribution < -0.4 is 4.90 Å². The van der Waals surface area contributed by atoms with Crippen molar-refractivity contribution >= 4 is 6.01 Å². The zero-order valence-electron chi connectivity index (χ0n) is 12.4. The molecule has 2 atom stereocenters. The second-order valence-electron chi connectivity index (χ2n) is 7.18. The van der Waals surface area contributed by atoms with Crippen molar-refractivity contribution in [3.63, 3.8) is 0 Å². The lowest BCUT2D eigenvalue weighted by Gasteiger charge is -2.40. The summed E-state index contributed by atoms with van der Waals surface area (Å²) in [6.45, 7) is 8.51. The molecule has 0 aromatic carbocycles. The molecule has 0 spiro atoms. The number of nitrogens with zero attached hydrogens (tertiary/aromatic N) is 3. The molecule has 2 heterocycles. The molecule has 1 aliphatic carbocycles. The predicted octanol–water partition coefficient (Wildman–Crippen LogP) is 3.38. The van der Waals surface area contributed by atoms with E-state index in [0.717, 1.165) is 36.8 Å². The van der Waals surface area contributed by atoms with Crippen molar-refractivity contribution in [2.24, 2.45) is 11.8 Å². The van der Waals surface area contributed by atoms with Gasteiger partial charge in [0.2, 0.25) is 5.89 Å². The van der Waals surface area contributed by atoms with Crippen LogP contribution in [-0.2, 0) is 5.41 Å². The molecule has 1 saturated heterocycles. The van der Waals surface area contributed by atoms with E-state index in [1.54, 1.807) is 0 Å². The van der Waals surface area contributed by atoms with E-state index in [2.05, 4.69) is 35.9 Å². The fraction of sp³-hybridized carbons (Fsp3) is 0.867. The predicted molar refractivity (Wildman–Crippen MR) is 75.3 cm³/mol. The van der Waals surface area contributed by atoms with Gasteiger partial charge in [-0.15, -0.1) is 5.10 Å². The van der Waals surface area contributed by atoms with Crippen LogP contribution in [0.2, 0.25) is 0 Å². The zero-order valence-corrected chi connectivity index (χ0v) is 12.4. The van der Waals surface area contributed by atoms with Crippen molar-refractivity contribution in [3.8, 4) is 0 Å². The van der Waals surface area contributed by atoms with Gasteiger partial charge in [-0.2, -0.15) is 0 Å². The Morgan fingerprint density at radius 3 is 2.47 bits per heavy atom. The largest absolute Gasteiger partial charge is 0.407 e. The van der Waals surface area contributed by atoms with Gasteiger partial charge in [0.1, 0.15) is 0 Å². The highest BCUT2D eigenvalue weighted by molar-refractivity contribution is 5.26. The fourth-order valence-electron chi connectivity index (χ4n) is 3.42. The molecular weight excluding hydrogens is 238 g/mol. The van der Waals surface area contributed by atoms with E-state index in [1.807, 2.05) is 0 Å². The molecule has 3 rings (SSSR count). The Morgan fingerprint density at radius 1 is 1.05 bits per heavy atom. The highest BCUT2D eigenvalue weighted by Crippen LogP contribution is 2.37. The van der Waals surface area contributed by atoms with E-state index in [1.165, 1.54) is 32.1 Å². The molecule has 2 fully saturated rings. The molecule has 2 unspecified atom stereocenters. The minimum absolute atomic E-state index is 0.0611. The molecule has 0 radical (unpaired) electrons. The van der Waals surface area contributed by atoms with Crippen LogP contribution in [0.4, 0.5) is 6.01 Å². The number of hydrogen-bond donors (Lipinski definition) is 0. The maximum Gasteiger partial charge on any atom is 0.318 e. The monoisotopic (exact) mass is 263 g/mol. The lowest BCUT2D eigenvalue weighted by Crippen LogP contribution is -2.42. The number of anilines is 1. The third kappa shape index (κ3) is 2.63. The smallest absolute Gasteiger partial charge is 0.318 e. The summed E-state index contributed by atoms with van der Waals surface area (Å²) in [5.74, 6) is 2.52. The quantitative estimate of drug-likeness (QED) is 0.779. The summed E-state index contributed by atoms with van der Waals surface area (Å²) < 4.78 is 5.87. The van der Waals surface area contributed by atoms with E-state index in [-0.39, 0.29) is 5.41 Å². The molecule has 4 heteroatoms. The van der Waals surface area contributed by atoms with E-state index in [4.69, 9.17) is 4.42 Å². The molecule has 1 aromatic rings. The number of fused-ring (bicyclic) bond motifs is 1. The average Bonchev–Trinajstić information content (AvgIpc) is 2.87. The van der Waals surface area contributed by atoms with Crippen LogP contribution in [0, 0.1) is 11.8 Å². The Morgan fingerprint density at radius 2 is 1.79 bits per heavy atom. The number of piperidine rings is 1.